The number of hydrogen-bond acceptors (Lipinski definition) is 0. The van der Waals surface area contributed by atoms with Crippen molar-refractivity contribution in [3.8, 4) is 0 Å². The Morgan fingerprint density at radius 1 is 1.15 bits per heavy atom. The van der Waals surface area contributed by atoms with E-state index < -0.39 is 0 Å². The minimum atomic E-state index is 0. The van der Waals surface area contributed by atoms with Crippen molar-refractivity contribution >= 4 is 0 Å². The molecule has 0 aromatic rings. The molecule has 0 amide bonds. The van der Waals surface area contributed by atoms with E-state index in [1.807, 2.05) is 7.05 Å². The summed E-state index contributed by atoms with van der Waals surface area (Å²) >= 11 is 0. The second-order valence-corrected chi connectivity index (χ2v) is 2.69. The maximum Gasteiger partial charge on any atom is 0 e. The van der Waals surface area contributed by atoms with Crippen LogP contribution < -0.4 is 0 Å². The molecular formula is C10H23N2Zn-3. The summed E-state index contributed by atoms with van der Waals surface area (Å²) in [5.41, 5.74) is 0. The van der Waals surface area contributed by atoms with Gasteiger partial charge in [0.25, 0.3) is 0 Å². The fourth-order valence-corrected chi connectivity index (χ4v) is 0.985. The van der Waals surface area contributed by atoms with Crippen LogP contribution >= 0.6 is 0 Å². The number of nitrogens with zero attached hydrogens (tertiary/aromatic N) is 2. The number of rotatable bonds is 5. The van der Waals surface area contributed by atoms with Crippen LogP contribution in [0.4, 0.5) is 0 Å². The van der Waals surface area contributed by atoms with Crippen LogP contribution in [0.15, 0.2) is 0 Å². The molecule has 3 heteroatoms. The molecule has 0 bridgehead atoms. The first-order chi connectivity index (χ1) is 5.70. The Labute approximate surface area is 97.0 Å². The molecule has 0 saturated carbocycles. The normalized spacial score (nSPS) is 13.4. The third kappa shape index (κ3) is 15.3. The van der Waals surface area contributed by atoms with Gasteiger partial charge < -0.3 is 17.6 Å². The molecule has 2 atom stereocenters. The molecule has 2 unspecified atom stereocenters. The first-order valence-electron chi connectivity index (χ1n) is 4.67. The zero-order chi connectivity index (χ0) is 9.98. The van der Waals surface area contributed by atoms with Crippen LogP contribution in [0.5, 0.6) is 0 Å². The summed E-state index contributed by atoms with van der Waals surface area (Å²) in [5, 5.41) is 8.50. The smallest absolute Gasteiger partial charge is 0 e. The van der Waals surface area contributed by atoms with Gasteiger partial charge in [-0.05, 0) is 0 Å². The average Bonchev–Trinajstić information content (AvgIpc) is 2.08. The van der Waals surface area contributed by atoms with Crippen LogP contribution in [0, 0.1) is 6.92 Å². The van der Waals surface area contributed by atoms with Crippen molar-refractivity contribution in [2.45, 2.75) is 46.2 Å². The van der Waals surface area contributed by atoms with Crippen molar-refractivity contribution < 1.29 is 19.5 Å². The molecule has 0 aliphatic heterocycles. The topological polar surface area (TPSA) is 28.2 Å². The molecule has 13 heavy (non-hydrogen) atoms. The average molecular weight is 237 g/mol. The maximum absolute atomic E-state index is 4.35. The third-order valence-corrected chi connectivity index (χ3v) is 1.62. The Hall–Kier alpha value is 0.543. The molecule has 0 radical (unpaired) electrons. The van der Waals surface area contributed by atoms with E-state index in [2.05, 4.69) is 38.3 Å². The molecule has 0 aliphatic carbocycles. The van der Waals surface area contributed by atoms with Crippen LogP contribution in [0.1, 0.15) is 34.1 Å². The molecule has 0 rings (SSSR count). The zero-order valence-electron chi connectivity index (χ0n) is 9.88. The first-order valence-corrected chi connectivity index (χ1v) is 4.67. The molecular weight excluding hydrogens is 214 g/mol. The van der Waals surface area contributed by atoms with Crippen molar-refractivity contribution in [2.75, 3.05) is 13.6 Å². The van der Waals surface area contributed by atoms with Gasteiger partial charge in [0.05, 0.1) is 0 Å². The largest absolute Gasteiger partial charge is 0.663 e. The van der Waals surface area contributed by atoms with Gasteiger partial charge in [0.15, 0.2) is 0 Å². The van der Waals surface area contributed by atoms with Crippen LogP contribution in [0.3, 0.4) is 0 Å². The van der Waals surface area contributed by atoms with Crippen molar-refractivity contribution in [3.05, 3.63) is 17.6 Å². The Kier molecular flexibility index (Phi) is 22.2. The van der Waals surface area contributed by atoms with E-state index in [0.717, 1.165) is 13.0 Å². The van der Waals surface area contributed by atoms with Crippen LogP contribution in [-0.2, 0) is 19.5 Å². The van der Waals surface area contributed by atoms with E-state index >= 15 is 0 Å². The third-order valence-electron chi connectivity index (χ3n) is 1.62. The van der Waals surface area contributed by atoms with E-state index in [-0.39, 0.29) is 19.5 Å². The molecule has 0 N–H and O–H groups in total. The molecule has 0 aliphatic rings. The minimum absolute atomic E-state index is 0. The monoisotopic (exact) mass is 235 g/mol. The molecule has 2 nitrogen and oxygen atoms in total. The number of hydrogen-bond donors (Lipinski definition) is 0. The van der Waals surface area contributed by atoms with Crippen LogP contribution in [-0.4, -0.2) is 25.7 Å². The molecule has 0 heterocycles. The first kappa shape index (κ1) is 19.2. The Morgan fingerprint density at radius 3 is 1.92 bits per heavy atom. The molecule has 0 spiro atoms. The zero-order valence-corrected chi connectivity index (χ0v) is 12.8. The van der Waals surface area contributed by atoms with Gasteiger partial charge in [0, 0.05) is 19.5 Å². The summed E-state index contributed by atoms with van der Waals surface area (Å²) in [4.78, 5) is 0. The standard InChI is InChI=1S/C8H18N2.C2H5.Zn/c1-5-10-8(3)6-7(2)9-4;1-2;/h7-8H,5-6H2,1-4H3;1H2,2H3;/q-2;-1;. The fourth-order valence-electron chi connectivity index (χ4n) is 0.985. The van der Waals surface area contributed by atoms with E-state index in [1.165, 1.54) is 0 Å². The molecule has 0 saturated heterocycles. The van der Waals surface area contributed by atoms with Crippen LogP contribution in [0.2, 0.25) is 0 Å². The summed E-state index contributed by atoms with van der Waals surface area (Å²) < 4.78 is 0. The van der Waals surface area contributed by atoms with E-state index in [1.54, 1.807) is 6.92 Å². The van der Waals surface area contributed by atoms with Gasteiger partial charge >= 0.3 is 0 Å². The van der Waals surface area contributed by atoms with Gasteiger partial charge in [0.2, 0.25) is 0 Å². The summed E-state index contributed by atoms with van der Waals surface area (Å²) in [6.07, 6.45) is 1.09. The minimum Gasteiger partial charge on any atom is -0.663 e. The fraction of sp³-hybridized carbons (Fsp3) is 0.900. The van der Waals surface area contributed by atoms with Crippen molar-refractivity contribution in [1.29, 1.82) is 0 Å². The predicted octanol–water partition coefficient (Wildman–Crippen LogP) is 3.39. The summed E-state index contributed by atoms with van der Waals surface area (Å²) in [7, 11) is 1.86. The van der Waals surface area contributed by atoms with Crippen molar-refractivity contribution in [2.24, 2.45) is 0 Å². The predicted molar refractivity (Wildman–Crippen MR) is 57.8 cm³/mol. The second-order valence-electron chi connectivity index (χ2n) is 2.69. The summed E-state index contributed by atoms with van der Waals surface area (Å²) in [6.45, 7) is 12.3. The molecule has 0 aromatic carbocycles. The van der Waals surface area contributed by atoms with Crippen molar-refractivity contribution in [1.82, 2.24) is 0 Å². The van der Waals surface area contributed by atoms with E-state index in [0.29, 0.717) is 12.1 Å². The maximum atomic E-state index is 4.35. The van der Waals surface area contributed by atoms with Gasteiger partial charge in [0.1, 0.15) is 0 Å². The van der Waals surface area contributed by atoms with Gasteiger partial charge in [-0.1, -0.05) is 27.2 Å². The van der Waals surface area contributed by atoms with Gasteiger partial charge in [-0.2, -0.15) is 20.5 Å². The summed E-state index contributed by atoms with van der Waals surface area (Å²) in [5.74, 6) is 0. The van der Waals surface area contributed by atoms with Gasteiger partial charge in [-0.3, -0.25) is 0 Å². The quantitative estimate of drug-likeness (QED) is 0.517. The Balaban J connectivity index is -0.000000309. The van der Waals surface area contributed by atoms with E-state index in [9.17, 15) is 0 Å². The Bertz CT molecular complexity index is 79.3. The van der Waals surface area contributed by atoms with E-state index in [4.69, 9.17) is 0 Å². The van der Waals surface area contributed by atoms with Gasteiger partial charge in [-0.15, -0.1) is 12.1 Å². The SMILES string of the molecule is CC[N-]C(C)CC(C)[N-]C.[CH2-]C.[Zn]. The Morgan fingerprint density at radius 2 is 1.62 bits per heavy atom. The molecule has 78 valence electrons. The van der Waals surface area contributed by atoms with Gasteiger partial charge in [-0.25, -0.2) is 0 Å². The molecule has 0 fully saturated rings. The second kappa shape index (κ2) is 15.0. The summed E-state index contributed by atoms with van der Waals surface area (Å²) in [6, 6.07) is 0.939. The van der Waals surface area contributed by atoms with Crippen molar-refractivity contribution in [3.63, 3.8) is 0 Å². The molecule has 0 aromatic heterocycles. The van der Waals surface area contributed by atoms with Crippen LogP contribution in [0.25, 0.3) is 10.6 Å².